The fourth-order valence-electron chi connectivity index (χ4n) is 5.56. The van der Waals surface area contributed by atoms with Crippen molar-refractivity contribution in [2.24, 2.45) is 5.41 Å². The third-order valence-electron chi connectivity index (χ3n) is 7.99. The number of anilines is 2. The maximum Gasteiger partial charge on any atom is 0.119 e. The second kappa shape index (κ2) is 9.53. The minimum atomic E-state index is -0.446. The zero-order valence-corrected chi connectivity index (χ0v) is 22.2. The van der Waals surface area contributed by atoms with Crippen LogP contribution < -0.4 is 14.5 Å². The summed E-state index contributed by atoms with van der Waals surface area (Å²) in [6.07, 6.45) is 7.87. The number of benzene rings is 2. The summed E-state index contributed by atoms with van der Waals surface area (Å²) < 4.78 is 5.30. The van der Waals surface area contributed by atoms with Gasteiger partial charge in [-0.2, -0.15) is 10.4 Å². The van der Waals surface area contributed by atoms with Crippen molar-refractivity contribution >= 4 is 38.8 Å². The summed E-state index contributed by atoms with van der Waals surface area (Å²) in [5.74, 6) is 0.883. The van der Waals surface area contributed by atoms with Gasteiger partial charge >= 0.3 is 0 Å². The van der Waals surface area contributed by atoms with Crippen LogP contribution in [0.25, 0.3) is 27.4 Å². The molecule has 0 radical (unpaired) electrons. The molecule has 1 N–H and O–H groups in total. The van der Waals surface area contributed by atoms with E-state index in [1.54, 1.807) is 7.11 Å². The molecule has 7 nitrogen and oxygen atoms in total. The van der Waals surface area contributed by atoms with Gasteiger partial charge in [-0.05, 0) is 74.7 Å². The lowest BCUT2D eigenvalue weighted by Crippen LogP contribution is -2.46. The molecule has 2 aliphatic rings. The van der Waals surface area contributed by atoms with Crippen LogP contribution in [-0.2, 0) is 0 Å². The molecule has 7 heteroatoms. The molecule has 0 saturated carbocycles. The number of piperazine rings is 1. The van der Waals surface area contributed by atoms with Gasteiger partial charge in [-0.25, -0.2) is 0 Å². The number of rotatable bonds is 5. The number of nitriles is 1. The summed E-state index contributed by atoms with van der Waals surface area (Å²) in [4.78, 5) is 9.58. The van der Waals surface area contributed by atoms with Crippen LogP contribution in [0.3, 0.4) is 0 Å². The standard InChI is InChI=1S/C31H32N6O/c1-31(2,20-32)22-6-4-21(5-7-22)30-29-26-18-24(10-13-27(26)33-19-28(29)34-35-30)37-16-14-36(15-17-37)23-8-11-25(38-3)12-9-23/h4,6,8-13,18-19H,5,7,14-17H2,1-3H3,(H,34,35). The zero-order valence-electron chi connectivity index (χ0n) is 22.2. The van der Waals surface area contributed by atoms with E-state index in [0.29, 0.717) is 0 Å². The summed E-state index contributed by atoms with van der Waals surface area (Å²) in [5, 5.41) is 19.7. The Kier molecular flexibility index (Phi) is 6.03. The fraction of sp³-hybridized carbons (Fsp3) is 0.323. The molecule has 4 aromatic rings. The summed E-state index contributed by atoms with van der Waals surface area (Å²) >= 11 is 0. The van der Waals surface area contributed by atoms with Crippen LogP contribution in [0.4, 0.5) is 11.4 Å². The predicted molar refractivity (Wildman–Crippen MR) is 154 cm³/mol. The number of allylic oxidation sites excluding steroid dienone is 4. The number of nitrogens with zero attached hydrogens (tertiary/aromatic N) is 5. The highest BCUT2D eigenvalue weighted by Gasteiger charge is 2.26. The van der Waals surface area contributed by atoms with E-state index in [-0.39, 0.29) is 0 Å². The number of fused-ring (bicyclic) bond motifs is 3. The minimum absolute atomic E-state index is 0.446. The van der Waals surface area contributed by atoms with Crippen molar-refractivity contribution in [2.45, 2.75) is 26.7 Å². The maximum absolute atomic E-state index is 9.53. The monoisotopic (exact) mass is 504 g/mol. The molecule has 6 rings (SSSR count). The summed E-state index contributed by atoms with van der Waals surface area (Å²) in [6.45, 7) is 7.80. The summed E-state index contributed by atoms with van der Waals surface area (Å²) in [7, 11) is 1.70. The van der Waals surface area contributed by atoms with Crippen LogP contribution in [0.2, 0.25) is 0 Å². The van der Waals surface area contributed by atoms with Gasteiger partial charge in [-0.1, -0.05) is 17.7 Å². The van der Waals surface area contributed by atoms with Crippen LogP contribution in [0, 0.1) is 16.7 Å². The van der Waals surface area contributed by atoms with Crippen molar-refractivity contribution in [1.29, 1.82) is 5.26 Å². The Morgan fingerprint density at radius 1 is 0.947 bits per heavy atom. The van der Waals surface area contributed by atoms with Gasteiger partial charge in [0.2, 0.25) is 0 Å². The Balaban J connectivity index is 1.29. The van der Waals surface area contributed by atoms with Gasteiger partial charge in [0.05, 0.1) is 41.5 Å². The molecule has 192 valence electrons. The molecule has 0 spiro atoms. The molecule has 0 atom stereocenters. The summed E-state index contributed by atoms with van der Waals surface area (Å²) in [5.41, 5.74) is 7.27. The number of pyridine rings is 1. The van der Waals surface area contributed by atoms with Gasteiger partial charge in [-0.3, -0.25) is 10.1 Å². The van der Waals surface area contributed by atoms with E-state index in [0.717, 1.165) is 72.3 Å². The molecule has 0 amide bonds. The van der Waals surface area contributed by atoms with Crippen LogP contribution in [0.15, 0.2) is 66.4 Å². The van der Waals surface area contributed by atoms with Gasteiger partial charge < -0.3 is 14.5 Å². The zero-order chi connectivity index (χ0) is 26.3. The number of aromatic amines is 1. The smallest absolute Gasteiger partial charge is 0.119 e. The Morgan fingerprint density at radius 2 is 1.66 bits per heavy atom. The lowest BCUT2D eigenvalue weighted by atomic mass is 9.79. The average Bonchev–Trinajstić information content (AvgIpc) is 3.42. The maximum atomic E-state index is 9.53. The minimum Gasteiger partial charge on any atom is -0.497 e. The van der Waals surface area contributed by atoms with Crippen molar-refractivity contribution in [2.75, 3.05) is 43.1 Å². The number of H-pyrrole nitrogens is 1. The van der Waals surface area contributed by atoms with E-state index in [2.05, 4.69) is 63.5 Å². The SMILES string of the molecule is COc1ccc(N2CCN(c3ccc4ncc5[nH]nc(C6=CC=C(C(C)(C)C#N)CC6)c5c4c3)CC2)cc1. The van der Waals surface area contributed by atoms with Gasteiger partial charge in [-0.15, -0.1) is 0 Å². The number of hydrogen-bond acceptors (Lipinski definition) is 6. The van der Waals surface area contributed by atoms with Crippen molar-refractivity contribution in [3.63, 3.8) is 0 Å². The van der Waals surface area contributed by atoms with Gasteiger partial charge in [0.25, 0.3) is 0 Å². The largest absolute Gasteiger partial charge is 0.497 e. The lowest BCUT2D eigenvalue weighted by molar-refractivity contribution is 0.415. The highest BCUT2D eigenvalue weighted by atomic mass is 16.5. The van der Waals surface area contributed by atoms with Crippen molar-refractivity contribution in [3.05, 3.63) is 72.1 Å². The van der Waals surface area contributed by atoms with E-state index in [9.17, 15) is 5.26 Å². The highest BCUT2D eigenvalue weighted by molar-refractivity contribution is 6.10. The number of ether oxygens (including phenoxy) is 1. The average molecular weight is 505 g/mol. The second-order valence-electron chi connectivity index (χ2n) is 10.6. The molecule has 2 aromatic heterocycles. The van der Waals surface area contributed by atoms with E-state index in [1.165, 1.54) is 22.5 Å². The molecule has 1 aliphatic carbocycles. The van der Waals surface area contributed by atoms with Crippen molar-refractivity contribution < 1.29 is 4.74 Å². The number of nitrogens with one attached hydrogen (secondary N) is 1. The van der Waals surface area contributed by atoms with Crippen molar-refractivity contribution in [1.82, 2.24) is 15.2 Å². The first kappa shape index (κ1) is 24.1. The number of hydrogen-bond donors (Lipinski definition) is 1. The Bertz CT molecular complexity index is 1600. The third-order valence-corrected chi connectivity index (χ3v) is 7.99. The van der Waals surface area contributed by atoms with Gasteiger partial charge in [0.1, 0.15) is 5.75 Å². The van der Waals surface area contributed by atoms with Crippen LogP contribution >= 0.6 is 0 Å². The number of aromatic nitrogens is 3. The topological polar surface area (TPSA) is 81.1 Å². The van der Waals surface area contributed by atoms with E-state index in [4.69, 9.17) is 14.8 Å². The van der Waals surface area contributed by atoms with Crippen LogP contribution in [-0.4, -0.2) is 48.5 Å². The normalized spacial score (nSPS) is 16.4. The molecule has 1 fully saturated rings. The van der Waals surface area contributed by atoms with Gasteiger partial charge in [0, 0.05) is 48.3 Å². The first-order valence-corrected chi connectivity index (χ1v) is 13.2. The Morgan fingerprint density at radius 3 is 2.32 bits per heavy atom. The van der Waals surface area contributed by atoms with E-state index >= 15 is 0 Å². The Labute approximate surface area is 223 Å². The molecule has 2 aromatic carbocycles. The number of methoxy groups -OCH3 is 1. The molecule has 3 heterocycles. The second-order valence-corrected chi connectivity index (χ2v) is 10.6. The molecular formula is C31H32N6O. The highest BCUT2D eigenvalue weighted by Crippen LogP contribution is 2.39. The molecule has 1 aliphatic heterocycles. The fourth-order valence-corrected chi connectivity index (χ4v) is 5.56. The van der Waals surface area contributed by atoms with E-state index < -0.39 is 5.41 Å². The third kappa shape index (κ3) is 4.26. The first-order chi connectivity index (χ1) is 18.5. The van der Waals surface area contributed by atoms with Crippen LogP contribution in [0.5, 0.6) is 5.75 Å². The molecular weight excluding hydrogens is 472 g/mol. The van der Waals surface area contributed by atoms with Gasteiger partial charge in [0.15, 0.2) is 0 Å². The lowest BCUT2D eigenvalue weighted by Gasteiger charge is -2.37. The molecule has 0 unspecified atom stereocenters. The van der Waals surface area contributed by atoms with E-state index in [1.807, 2.05) is 32.2 Å². The van der Waals surface area contributed by atoms with Crippen molar-refractivity contribution in [3.8, 4) is 11.8 Å². The quantitative estimate of drug-likeness (QED) is 0.354. The summed E-state index contributed by atoms with van der Waals surface area (Å²) in [6, 6.07) is 17.3. The molecule has 1 saturated heterocycles. The Hall–Kier alpha value is -4.31. The predicted octanol–water partition coefficient (Wildman–Crippen LogP) is 6.10. The first-order valence-electron chi connectivity index (χ1n) is 13.2. The molecule has 38 heavy (non-hydrogen) atoms. The van der Waals surface area contributed by atoms with Crippen LogP contribution in [0.1, 0.15) is 32.4 Å². The molecule has 0 bridgehead atoms.